The second kappa shape index (κ2) is 12.0. The van der Waals surface area contributed by atoms with Crippen LogP contribution in [0.25, 0.3) is 0 Å². The Bertz CT molecular complexity index is 952. The lowest BCUT2D eigenvalue weighted by Crippen LogP contribution is -2.55. The van der Waals surface area contributed by atoms with Gasteiger partial charge in [0.2, 0.25) is 0 Å². The van der Waals surface area contributed by atoms with Crippen LogP contribution in [0.5, 0.6) is 0 Å². The van der Waals surface area contributed by atoms with Crippen molar-refractivity contribution in [1.29, 1.82) is 0 Å². The van der Waals surface area contributed by atoms with Gasteiger partial charge in [-0.25, -0.2) is 0 Å². The van der Waals surface area contributed by atoms with E-state index in [0.29, 0.717) is 35.6 Å². The summed E-state index contributed by atoms with van der Waals surface area (Å²) in [5.74, 6) is 2.51. The minimum atomic E-state index is -1.48. The zero-order valence-electron chi connectivity index (χ0n) is 18.7. The van der Waals surface area contributed by atoms with Gasteiger partial charge < -0.3 is 29.9 Å². The normalized spacial score (nSPS) is 25.1. The van der Waals surface area contributed by atoms with Crippen molar-refractivity contribution in [3.8, 4) is 12.3 Å². The maximum atomic E-state index is 10.7. The van der Waals surface area contributed by atoms with Gasteiger partial charge in [0.1, 0.15) is 30.5 Å². The molecule has 1 saturated heterocycles. The Morgan fingerprint density at radius 3 is 2.36 bits per heavy atom. The van der Waals surface area contributed by atoms with E-state index in [2.05, 4.69) is 37.1 Å². The second-order valence-corrected chi connectivity index (χ2v) is 8.65. The van der Waals surface area contributed by atoms with Crippen LogP contribution in [0.15, 0.2) is 36.4 Å². The fourth-order valence-corrected chi connectivity index (χ4v) is 4.24. The molecule has 0 radical (unpaired) electrons. The molecule has 5 atom stereocenters. The average molecular weight is 475 g/mol. The molecule has 1 aliphatic rings. The molecule has 1 fully saturated rings. The van der Waals surface area contributed by atoms with Gasteiger partial charge in [-0.2, -0.15) is 0 Å². The Kier molecular flexibility index (Phi) is 9.30. The number of benzene rings is 2. The molecule has 0 amide bonds. The molecular formula is C26H31ClO6. The van der Waals surface area contributed by atoms with E-state index in [-0.39, 0.29) is 6.61 Å². The molecule has 0 unspecified atom stereocenters. The standard InChI is InChI=1S/C26H31ClO6/c1-3-5-10-32-15-19-13-21(27)18(11-17-8-6-16(4-2)7-9-17)12-20(19)26-25(31)24(30)23(29)22(14-28)33-26/h1,6-9,12-13,22-26,28-31H,4-5,10-11,14-15H2,2H3/t22-,23-,24+,25-,26+/m1/s1. The highest BCUT2D eigenvalue weighted by atomic mass is 35.5. The molecule has 1 heterocycles. The number of hydrogen-bond donors (Lipinski definition) is 4. The molecule has 0 aliphatic carbocycles. The van der Waals surface area contributed by atoms with E-state index in [0.717, 1.165) is 17.5 Å². The van der Waals surface area contributed by atoms with Crippen molar-refractivity contribution in [3.63, 3.8) is 0 Å². The molecule has 0 bridgehead atoms. The second-order valence-electron chi connectivity index (χ2n) is 8.25. The van der Waals surface area contributed by atoms with Gasteiger partial charge in [0.25, 0.3) is 0 Å². The first-order valence-electron chi connectivity index (χ1n) is 11.1. The molecule has 6 nitrogen and oxygen atoms in total. The molecule has 3 rings (SSSR count). The summed E-state index contributed by atoms with van der Waals surface area (Å²) in [4.78, 5) is 0. The Morgan fingerprint density at radius 1 is 1.03 bits per heavy atom. The van der Waals surface area contributed by atoms with Gasteiger partial charge in [0.05, 0.1) is 19.8 Å². The van der Waals surface area contributed by atoms with Crippen molar-refractivity contribution in [2.45, 2.75) is 63.3 Å². The van der Waals surface area contributed by atoms with Gasteiger partial charge in [-0.3, -0.25) is 0 Å². The van der Waals surface area contributed by atoms with E-state index < -0.39 is 37.1 Å². The maximum Gasteiger partial charge on any atom is 0.113 e. The summed E-state index contributed by atoms with van der Waals surface area (Å²) >= 11 is 6.61. The highest BCUT2D eigenvalue weighted by Crippen LogP contribution is 2.37. The van der Waals surface area contributed by atoms with E-state index in [4.69, 9.17) is 27.5 Å². The smallest absolute Gasteiger partial charge is 0.113 e. The third-order valence-electron chi connectivity index (χ3n) is 5.98. The number of ether oxygens (including phenoxy) is 2. The molecule has 2 aromatic carbocycles. The SMILES string of the molecule is C#CCCOCc1cc(Cl)c(Cc2ccc(CC)cc2)cc1[C@@H]1O[C@H](CO)[C@@H](O)[C@H](O)[C@H]1O. The largest absolute Gasteiger partial charge is 0.394 e. The first-order valence-corrected chi connectivity index (χ1v) is 11.5. The van der Waals surface area contributed by atoms with Crippen LogP contribution in [0.1, 0.15) is 47.3 Å². The van der Waals surface area contributed by atoms with Crippen LogP contribution in [-0.4, -0.2) is 58.1 Å². The monoisotopic (exact) mass is 474 g/mol. The van der Waals surface area contributed by atoms with E-state index in [1.165, 1.54) is 5.56 Å². The van der Waals surface area contributed by atoms with Gasteiger partial charge in [0, 0.05) is 11.4 Å². The lowest BCUT2D eigenvalue weighted by Gasteiger charge is -2.41. The number of rotatable bonds is 9. The Labute approximate surface area is 199 Å². The van der Waals surface area contributed by atoms with Crippen molar-refractivity contribution in [1.82, 2.24) is 0 Å². The first-order chi connectivity index (χ1) is 15.9. The highest BCUT2D eigenvalue weighted by Gasteiger charge is 2.44. The average Bonchev–Trinajstić information content (AvgIpc) is 2.83. The predicted octanol–water partition coefficient (Wildman–Crippen LogP) is 2.55. The predicted molar refractivity (Wildman–Crippen MR) is 126 cm³/mol. The molecule has 0 saturated carbocycles. The lowest BCUT2D eigenvalue weighted by atomic mass is 9.87. The van der Waals surface area contributed by atoms with Crippen molar-refractivity contribution in [2.24, 2.45) is 0 Å². The zero-order chi connectivity index (χ0) is 24.0. The summed E-state index contributed by atoms with van der Waals surface area (Å²) in [6.45, 7) is 2.13. The van der Waals surface area contributed by atoms with Crippen molar-refractivity contribution in [2.75, 3.05) is 13.2 Å². The van der Waals surface area contributed by atoms with Gasteiger partial charge >= 0.3 is 0 Å². The van der Waals surface area contributed by atoms with Crippen LogP contribution >= 0.6 is 11.6 Å². The molecule has 0 spiro atoms. The molecule has 2 aromatic rings. The van der Waals surface area contributed by atoms with Crippen LogP contribution in [0.2, 0.25) is 5.02 Å². The molecular weight excluding hydrogens is 444 g/mol. The summed E-state index contributed by atoms with van der Waals surface area (Å²) in [5, 5.41) is 41.3. The van der Waals surface area contributed by atoms with Gasteiger partial charge in [-0.15, -0.1) is 12.3 Å². The van der Waals surface area contributed by atoms with E-state index in [1.807, 2.05) is 6.07 Å². The van der Waals surface area contributed by atoms with Crippen LogP contribution in [-0.2, 0) is 28.9 Å². The summed E-state index contributed by atoms with van der Waals surface area (Å²) in [7, 11) is 0. The van der Waals surface area contributed by atoms with Crippen LogP contribution < -0.4 is 0 Å². The molecule has 33 heavy (non-hydrogen) atoms. The first kappa shape index (κ1) is 25.7. The summed E-state index contributed by atoms with van der Waals surface area (Å²) < 4.78 is 11.5. The van der Waals surface area contributed by atoms with Crippen molar-refractivity contribution in [3.05, 3.63) is 69.2 Å². The van der Waals surface area contributed by atoms with Gasteiger partial charge in [-0.1, -0.05) is 48.9 Å². The lowest BCUT2D eigenvalue weighted by molar-refractivity contribution is -0.232. The van der Waals surface area contributed by atoms with Gasteiger partial charge in [0.15, 0.2) is 0 Å². The number of aliphatic hydroxyl groups excluding tert-OH is 4. The molecule has 178 valence electrons. The fraction of sp³-hybridized carbons (Fsp3) is 0.462. The van der Waals surface area contributed by atoms with Crippen LogP contribution in [0.3, 0.4) is 0 Å². The summed E-state index contributed by atoms with van der Waals surface area (Å²) in [5.41, 5.74) is 4.39. The minimum absolute atomic E-state index is 0.178. The Hall–Kier alpha value is -1.95. The highest BCUT2D eigenvalue weighted by molar-refractivity contribution is 6.31. The van der Waals surface area contributed by atoms with Crippen molar-refractivity contribution < 1.29 is 29.9 Å². The Morgan fingerprint density at radius 2 is 1.73 bits per heavy atom. The molecule has 4 N–H and O–H groups in total. The van der Waals surface area contributed by atoms with E-state index in [1.54, 1.807) is 6.07 Å². The number of aliphatic hydroxyl groups is 4. The topological polar surface area (TPSA) is 99.4 Å². The van der Waals surface area contributed by atoms with Crippen LogP contribution in [0.4, 0.5) is 0 Å². The number of hydrogen-bond acceptors (Lipinski definition) is 6. The third-order valence-corrected chi connectivity index (χ3v) is 6.33. The van der Waals surface area contributed by atoms with Crippen LogP contribution in [0, 0.1) is 12.3 Å². The van der Waals surface area contributed by atoms with E-state index in [9.17, 15) is 20.4 Å². The number of terminal acetylenes is 1. The number of aryl methyl sites for hydroxylation is 1. The van der Waals surface area contributed by atoms with Crippen molar-refractivity contribution >= 4 is 11.6 Å². The maximum absolute atomic E-state index is 10.7. The fourth-order valence-electron chi connectivity index (χ4n) is 3.99. The van der Waals surface area contributed by atoms with Gasteiger partial charge in [-0.05, 0) is 46.7 Å². The van der Waals surface area contributed by atoms with E-state index >= 15 is 0 Å². The summed E-state index contributed by atoms with van der Waals surface area (Å²) in [6, 6.07) is 11.9. The number of halogens is 1. The summed E-state index contributed by atoms with van der Waals surface area (Å²) in [6.07, 6.45) is 0.963. The molecule has 1 aliphatic heterocycles. The quantitative estimate of drug-likeness (QED) is 0.329. The third kappa shape index (κ3) is 6.14. The minimum Gasteiger partial charge on any atom is -0.394 e. The Balaban J connectivity index is 1.96. The molecule has 7 heteroatoms. The zero-order valence-corrected chi connectivity index (χ0v) is 19.4. The molecule has 0 aromatic heterocycles.